The van der Waals surface area contributed by atoms with Crippen molar-refractivity contribution in [2.75, 3.05) is 26.7 Å². The van der Waals surface area contributed by atoms with Crippen LogP contribution in [0.1, 0.15) is 43.7 Å². The maximum Gasteiger partial charge on any atom is 0.223 e. The van der Waals surface area contributed by atoms with E-state index < -0.39 is 0 Å². The highest BCUT2D eigenvalue weighted by atomic mass is 35.5. The van der Waals surface area contributed by atoms with Gasteiger partial charge in [-0.25, -0.2) is 0 Å². The number of nitrogens with zero attached hydrogens (tertiary/aromatic N) is 1. The normalized spacial score (nSPS) is 23.6. The van der Waals surface area contributed by atoms with E-state index in [1.165, 1.54) is 12.0 Å². The minimum absolute atomic E-state index is 0. The van der Waals surface area contributed by atoms with Crippen molar-refractivity contribution < 1.29 is 9.53 Å². The standard InChI is InChI=1S/C18H26N2O2.ClH/c1-22-16-5-2-4-15(12-16)17-6-3-11-20(17)18(21)8-7-14-9-10-19-13-14;/h2,4-5,12,14,17,19H,3,6-11,13H2,1H3;1H. The van der Waals surface area contributed by atoms with E-state index in [1.54, 1.807) is 7.11 Å². The molecule has 1 aromatic rings. The number of hydrogen-bond acceptors (Lipinski definition) is 3. The summed E-state index contributed by atoms with van der Waals surface area (Å²) in [6, 6.07) is 8.37. The summed E-state index contributed by atoms with van der Waals surface area (Å²) < 4.78 is 5.31. The second-order valence-corrected chi connectivity index (χ2v) is 6.42. The van der Waals surface area contributed by atoms with Crippen LogP contribution in [0, 0.1) is 5.92 Å². The van der Waals surface area contributed by atoms with Gasteiger partial charge >= 0.3 is 0 Å². The highest BCUT2D eigenvalue weighted by molar-refractivity contribution is 5.85. The molecule has 23 heavy (non-hydrogen) atoms. The Labute approximate surface area is 145 Å². The molecule has 5 heteroatoms. The van der Waals surface area contributed by atoms with Gasteiger partial charge in [-0.2, -0.15) is 0 Å². The third-order valence-corrected chi connectivity index (χ3v) is 4.98. The van der Waals surface area contributed by atoms with Gasteiger partial charge in [-0.05, 0) is 62.4 Å². The number of ether oxygens (including phenoxy) is 1. The molecule has 2 unspecified atom stereocenters. The quantitative estimate of drug-likeness (QED) is 0.896. The zero-order valence-electron chi connectivity index (χ0n) is 13.8. The number of benzene rings is 1. The number of rotatable bonds is 5. The lowest BCUT2D eigenvalue weighted by molar-refractivity contribution is -0.132. The third-order valence-electron chi connectivity index (χ3n) is 4.98. The van der Waals surface area contributed by atoms with Crippen LogP contribution in [-0.4, -0.2) is 37.6 Å². The lowest BCUT2D eigenvalue weighted by Gasteiger charge is -2.26. The Morgan fingerprint density at radius 3 is 3.00 bits per heavy atom. The fourth-order valence-corrected chi connectivity index (χ4v) is 3.69. The van der Waals surface area contributed by atoms with Gasteiger partial charge in [-0.15, -0.1) is 12.4 Å². The number of hydrogen-bond donors (Lipinski definition) is 1. The van der Waals surface area contributed by atoms with Crippen LogP contribution in [0.3, 0.4) is 0 Å². The molecule has 0 spiro atoms. The fourth-order valence-electron chi connectivity index (χ4n) is 3.69. The van der Waals surface area contributed by atoms with E-state index in [4.69, 9.17) is 4.74 Å². The maximum atomic E-state index is 12.6. The third kappa shape index (κ3) is 4.39. The van der Waals surface area contributed by atoms with Gasteiger partial charge in [0.25, 0.3) is 0 Å². The molecular weight excluding hydrogens is 312 g/mol. The molecular formula is C18H27ClN2O2. The predicted octanol–water partition coefficient (Wildman–Crippen LogP) is 3.17. The Hall–Kier alpha value is -1.26. The van der Waals surface area contributed by atoms with Crippen molar-refractivity contribution in [3.8, 4) is 5.75 Å². The van der Waals surface area contributed by atoms with Gasteiger partial charge in [0.1, 0.15) is 5.75 Å². The Kier molecular flexibility index (Phi) is 6.72. The van der Waals surface area contributed by atoms with E-state index in [0.29, 0.717) is 18.2 Å². The summed E-state index contributed by atoms with van der Waals surface area (Å²) in [4.78, 5) is 14.7. The molecule has 2 aliphatic rings. The molecule has 0 radical (unpaired) electrons. The molecule has 128 valence electrons. The Morgan fingerprint density at radius 1 is 1.39 bits per heavy atom. The molecule has 0 bridgehead atoms. The number of amides is 1. The van der Waals surface area contributed by atoms with Crippen LogP contribution in [0.25, 0.3) is 0 Å². The predicted molar refractivity (Wildman–Crippen MR) is 94.1 cm³/mol. The van der Waals surface area contributed by atoms with Crippen molar-refractivity contribution in [2.45, 2.75) is 38.1 Å². The zero-order valence-corrected chi connectivity index (χ0v) is 14.6. The summed E-state index contributed by atoms with van der Waals surface area (Å²) in [6.45, 7) is 3.07. The van der Waals surface area contributed by atoms with E-state index in [2.05, 4.69) is 22.3 Å². The van der Waals surface area contributed by atoms with Gasteiger partial charge < -0.3 is 15.0 Å². The first kappa shape index (κ1) is 18.1. The van der Waals surface area contributed by atoms with Crippen LogP contribution in [0.4, 0.5) is 0 Å². The molecule has 3 rings (SSSR count). The van der Waals surface area contributed by atoms with Crippen LogP contribution in [0.2, 0.25) is 0 Å². The SMILES string of the molecule is COc1cccc(C2CCCN2C(=O)CCC2CCNC2)c1.Cl. The summed E-state index contributed by atoms with van der Waals surface area (Å²) in [5.41, 5.74) is 1.20. The Balaban J connectivity index is 0.00000192. The summed E-state index contributed by atoms with van der Waals surface area (Å²) in [5.74, 6) is 1.87. The summed E-state index contributed by atoms with van der Waals surface area (Å²) in [7, 11) is 1.69. The van der Waals surface area contributed by atoms with Crippen LogP contribution >= 0.6 is 12.4 Å². The van der Waals surface area contributed by atoms with Gasteiger partial charge in [0.2, 0.25) is 5.91 Å². The number of carbonyl (C=O) groups is 1. The van der Waals surface area contributed by atoms with E-state index in [-0.39, 0.29) is 18.4 Å². The van der Waals surface area contributed by atoms with Crippen molar-refractivity contribution in [2.24, 2.45) is 5.92 Å². The molecule has 0 aromatic heterocycles. The van der Waals surface area contributed by atoms with Crippen molar-refractivity contribution in [1.82, 2.24) is 10.2 Å². The number of methoxy groups -OCH3 is 1. The van der Waals surface area contributed by atoms with E-state index in [9.17, 15) is 4.79 Å². The monoisotopic (exact) mass is 338 g/mol. The first-order valence-electron chi connectivity index (χ1n) is 8.42. The molecule has 0 saturated carbocycles. The molecule has 1 amide bonds. The smallest absolute Gasteiger partial charge is 0.223 e. The number of nitrogens with one attached hydrogen (secondary N) is 1. The zero-order chi connectivity index (χ0) is 15.4. The molecule has 4 nitrogen and oxygen atoms in total. The van der Waals surface area contributed by atoms with Crippen LogP contribution < -0.4 is 10.1 Å². The van der Waals surface area contributed by atoms with Crippen molar-refractivity contribution in [3.05, 3.63) is 29.8 Å². The summed E-state index contributed by atoms with van der Waals surface area (Å²) >= 11 is 0. The molecule has 1 aromatic carbocycles. The minimum Gasteiger partial charge on any atom is -0.497 e. The minimum atomic E-state index is 0. The number of carbonyl (C=O) groups excluding carboxylic acids is 1. The molecule has 0 aliphatic carbocycles. The van der Waals surface area contributed by atoms with Crippen molar-refractivity contribution >= 4 is 18.3 Å². The Morgan fingerprint density at radius 2 is 2.26 bits per heavy atom. The maximum absolute atomic E-state index is 12.6. The van der Waals surface area contributed by atoms with Gasteiger partial charge in [-0.1, -0.05) is 12.1 Å². The highest BCUT2D eigenvalue weighted by Crippen LogP contribution is 2.34. The highest BCUT2D eigenvalue weighted by Gasteiger charge is 2.30. The number of halogens is 1. The molecule has 2 atom stereocenters. The molecule has 2 saturated heterocycles. The van der Waals surface area contributed by atoms with Gasteiger partial charge in [-0.3, -0.25) is 4.79 Å². The largest absolute Gasteiger partial charge is 0.497 e. The molecule has 2 heterocycles. The second kappa shape index (κ2) is 8.55. The fraction of sp³-hybridized carbons (Fsp3) is 0.611. The molecule has 2 aliphatic heterocycles. The lowest BCUT2D eigenvalue weighted by atomic mass is 10.0. The Bertz CT molecular complexity index is 517. The second-order valence-electron chi connectivity index (χ2n) is 6.42. The average molecular weight is 339 g/mol. The summed E-state index contributed by atoms with van der Waals surface area (Å²) in [6.07, 6.45) is 5.08. The van der Waals surface area contributed by atoms with E-state index in [1.807, 2.05) is 12.1 Å². The van der Waals surface area contributed by atoms with Crippen molar-refractivity contribution in [3.63, 3.8) is 0 Å². The van der Waals surface area contributed by atoms with Gasteiger partial charge in [0.05, 0.1) is 13.2 Å². The first-order chi connectivity index (χ1) is 10.8. The summed E-state index contributed by atoms with van der Waals surface area (Å²) in [5, 5.41) is 3.37. The first-order valence-corrected chi connectivity index (χ1v) is 8.42. The van der Waals surface area contributed by atoms with Crippen molar-refractivity contribution in [1.29, 1.82) is 0 Å². The van der Waals surface area contributed by atoms with Gasteiger partial charge in [0, 0.05) is 13.0 Å². The molecule has 1 N–H and O–H groups in total. The van der Waals surface area contributed by atoms with E-state index >= 15 is 0 Å². The lowest BCUT2D eigenvalue weighted by Crippen LogP contribution is -2.30. The average Bonchev–Trinajstić information content (AvgIpc) is 3.24. The number of likely N-dealkylation sites (tertiary alicyclic amines) is 1. The van der Waals surface area contributed by atoms with E-state index in [0.717, 1.165) is 44.6 Å². The topological polar surface area (TPSA) is 41.6 Å². The van der Waals surface area contributed by atoms with Crippen LogP contribution in [-0.2, 0) is 4.79 Å². The van der Waals surface area contributed by atoms with Crippen LogP contribution in [0.5, 0.6) is 5.75 Å². The van der Waals surface area contributed by atoms with Gasteiger partial charge in [0.15, 0.2) is 0 Å². The van der Waals surface area contributed by atoms with Crippen LogP contribution in [0.15, 0.2) is 24.3 Å². The molecule has 2 fully saturated rings.